The number of aromatic nitrogens is 1. The van der Waals surface area contributed by atoms with Crippen molar-refractivity contribution in [2.75, 3.05) is 0 Å². The van der Waals surface area contributed by atoms with Crippen molar-refractivity contribution in [3.8, 4) is 0 Å². The van der Waals surface area contributed by atoms with Crippen LogP contribution in [-0.2, 0) is 0 Å². The molecule has 3 nitrogen and oxygen atoms in total. The van der Waals surface area contributed by atoms with Crippen LogP contribution >= 0.6 is 0 Å². The van der Waals surface area contributed by atoms with Crippen molar-refractivity contribution in [3.05, 3.63) is 40.1 Å². The molecule has 2 aromatic rings. The van der Waals surface area contributed by atoms with Crippen molar-refractivity contribution >= 4 is 16.9 Å². The van der Waals surface area contributed by atoms with Gasteiger partial charge in [-0.15, -0.1) is 0 Å². The average Bonchev–Trinajstić information content (AvgIpc) is 2.25. The van der Waals surface area contributed by atoms with Gasteiger partial charge in [-0.05, 0) is 50.5 Å². The average molecular weight is 229 g/mol. The molecule has 0 bridgehead atoms. The highest BCUT2D eigenvalue weighted by Gasteiger charge is 2.15. The Balaban J connectivity index is 3.03. The molecule has 88 valence electrons. The van der Waals surface area contributed by atoms with Crippen molar-refractivity contribution in [1.29, 1.82) is 0 Å². The van der Waals surface area contributed by atoms with E-state index in [4.69, 9.17) is 0 Å². The number of aromatic carboxylic acids is 1. The summed E-state index contributed by atoms with van der Waals surface area (Å²) in [7, 11) is 0. The molecule has 0 radical (unpaired) electrons. The number of fused-ring (bicyclic) bond motifs is 1. The summed E-state index contributed by atoms with van der Waals surface area (Å²) in [4.78, 5) is 15.6. The van der Waals surface area contributed by atoms with Gasteiger partial charge in [-0.3, -0.25) is 4.98 Å². The Bertz CT molecular complexity index is 630. The van der Waals surface area contributed by atoms with Crippen LogP contribution in [0.2, 0.25) is 0 Å². The number of hydrogen-bond acceptors (Lipinski definition) is 2. The predicted molar refractivity (Wildman–Crippen MR) is 67.7 cm³/mol. The van der Waals surface area contributed by atoms with Gasteiger partial charge in [-0.1, -0.05) is 6.07 Å². The van der Waals surface area contributed by atoms with E-state index in [1.165, 1.54) is 0 Å². The van der Waals surface area contributed by atoms with Crippen LogP contribution in [0.15, 0.2) is 12.1 Å². The van der Waals surface area contributed by atoms with Gasteiger partial charge in [0, 0.05) is 11.1 Å². The number of aryl methyl sites for hydroxylation is 3. The lowest BCUT2D eigenvalue weighted by atomic mass is 9.97. The molecule has 17 heavy (non-hydrogen) atoms. The first-order chi connectivity index (χ1) is 7.93. The van der Waals surface area contributed by atoms with E-state index < -0.39 is 5.97 Å². The predicted octanol–water partition coefficient (Wildman–Crippen LogP) is 3.17. The summed E-state index contributed by atoms with van der Waals surface area (Å²) in [6, 6.07) is 3.47. The van der Waals surface area contributed by atoms with E-state index in [2.05, 4.69) is 4.98 Å². The molecule has 0 spiro atoms. The minimum Gasteiger partial charge on any atom is -0.478 e. The van der Waals surface area contributed by atoms with E-state index in [1.807, 2.05) is 33.8 Å². The van der Waals surface area contributed by atoms with Gasteiger partial charge in [-0.2, -0.15) is 0 Å². The molecule has 3 heteroatoms. The topological polar surface area (TPSA) is 50.2 Å². The Labute approximate surface area is 100 Å². The number of hydrogen-bond donors (Lipinski definition) is 1. The van der Waals surface area contributed by atoms with Gasteiger partial charge in [0.15, 0.2) is 0 Å². The molecule has 0 saturated heterocycles. The Morgan fingerprint density at radius 2 is 1.76 bits per heavy atom. The zero-order valence-electron chi connectivity index (χ0n) is 10.5. The highest BCUT2D eigenvalue weighted by atomic mass is 16.4. The zero-order valence-corrected chi connectivity index (χ0v) is 10.5. The number of carbonyl (C=O) groups is 1. The summed E-state index contributed by atoms with van der Waals surface area (Å²) >= 11 is 0. The van der Waals surface area contributed by atoms with Crippen LogP contribution in [0.25, 0.3) is 10.9 Å². The second-order valence-electron chi connectivity index (χ2n) is 4.41. The lowest BCUT2D eigenvalue weighted by Gasteiger charge is -2.12. The number of carboxylic acids is 1. The minimum atomic E-state index is -0.926. The quantitative estimate of drug-likeness (QED) is 0.817. The van der Waals surface area contributed by atoms with Gasteiger partial charge in [-0.25, -0.2) is 4.79 Å². The maximum absolute atomic E-state index is 11.2. The second-order valence-corrected chi connectivity index (χ2v) is 4.41. The molecule has 1 heterocycles. The third-order valence-electron chi connectivity index (χ3n) is 3.38. The van der Waals surface area contributed by atoms with Crippen LogP contribution in [0.5, 0.6) is 0 Å². The van der Waals surface area contributed by atoms with Crippen LogP contribution < -0.4 is 0 Å². The summed E-state index contributed by atoms with van der Waals surface area (Å²) in [5.74, 6) is -0.926. The standard InChI is InChI=1S/C14H15NO2/c1-7-5-6-11(14(16)17)13-12(7)9(3)8(2)10(4)15-13/h5-6H,1-4H3,(H,16,17). The van der Waals surface area contributed by atoms with Crippen molar-refractivity contribution in [1.82, 2.24) is 4.98 Å². The molecule has 1 aromatic carbocycles. The second kappa shape index (κ2) is 3.84. The van der Waals surface area contributed by atoms with Crippen LogP contribution in [0.3, 0.4) is 0 Å². The molecule has 1 aromatic heterocycles. The van der Waals surface area contributed by atoms with Gasteiger partial charge in [0.25, 0.3) is 0 Å². The first-order valence-electron chi connectivity index (χ1n) is 5.54. The molecular formula is C14H15NO2. The first-order valence-corrected chi connectivity index (χ1v) is 5.54. The number of benzene rings is 1. The lowest BCUT2D eigenvalue weighted by Crippen LogP contribution is -2.03. The van der Waals surface area contributed by atoms with Crippen molar-refractivity contribution in [2.24, 2.45) is 0 Å². The van der Waals surface area contributed by atoms with Crippen LogP contribution in [0.1, 0.15) is 32.7 Å². The smallest absolute Gasteiger partial charge is 0.337 e. The highest BCUT2D eigenvalue weighted by molar-refractivity contribution is 6.04. The van der Waals surface area contributed by atoms with Gasteiger partial charge in [0.2, 0.25) is 0 Å². The van der Waals surface area contributed by atoms with Gasteiger partial charge >= 0.3 is 5.97 Å². The summed E-state index contributed by atoms with van der Waals surface area (Å²) in [5, 5.41) is 10.2. The summed E-state index contributed by atoms with van der Waals surface area (Å²) in [5.41, 5.74) is 5.08. The summed E-state index contributed by atoms with van der Waals surface area (Å²) < 4.78 is 0. The molecule has 0 atom stereocenters. The highest BCUT2D eigenvalue weighted by Crippen LogP contribution is 2.27. The third-order valence-corrected chi connectivity index (χ3v) is 3.38. The molecule has 0 unspecified atom stereocenters. The Morgan fingerprint density at radius 3 is 2.35 bits per heavy atom. The van der Waals surface area contributed by atoms with E-state index >= 15 is 0 Å². The number of rotatable bonds is 1. The molecule has 0 aliphatic rings. The zero-order chi connectivity index (χ0) is 12.7. The van der Waals surface area contributed by atoms with Crippen molar-refractivity contribution in [2.45, 2.75) is 27.7 Å². The molecule has 0 aliphatic carbocycles. The van der Waals surface area contributed by atoms with Crippen molar-refractivity contribution < 1.29 is 9.90 Å². The summed E-state index contributed by atoms with van der Waals surface area (Å²) in [6.07, 6.45) is 0. The number of nitrogens with zero attached hydrogens (tertiary/aromatic N) is 1. The fourth-order valence-electron chi connectivity index (χ4n) is 2.16. The molecule has 2 rings (SSSR count). The Hall–Kier alpha value is -1.90. The van der Waals surface area contributed by atoms with E-state index in [0.29, 0.717) is 5.52 Å². The molecule has 0 amide bonds. The Kier molecular flexibility index (Phi) is 2.62. The maximum Gasteiger partial charge on any atom is 0.337 e. The monoisotopic (exact) mass is 229 g/mol. The van der Waals surface area contributed by atoms with Gasteiger partial charge in [0.05, 0.1) is 11.1 Å². The van der Waals surface area contributed by atoms with E-state index in [1.54, 1.807) is 6.07 Å². The minimum absolute atomic E-state index is 0.275. The third kappa shape index (κ3) is 1.68. The lowest BCUT2D eigenvalue weighted by molar-refractivity contribution is 0.0699. The first kappa shape index (κ1) is 11.6. The Morgan fingerprint density at radius 1 is 1.12 bits per heavy atom. The van der Waals surface area contributed by atoms with E-state index in [-0.39, 0.29) is 5.56 Å². The molecular weight excluding hydrogens is 214 g/mol. The van der Waals surface area contributed by atoms with E-state index in [0.717, 1.165) is 27.8 Å². The fourth-order valence-corrected chi connectivity index (χ4v) is 2.16. The number of pyridine rings is 1. The van der Waals surface area contributed by atoms with E-state index in [9.17, 15) is 9.90 Å². The molecule has 0 aliphatic heterocycles. The SMILES string of the molecule is Cc1nc2c(C(=O)O)ccc(C)c2c(C)c1C. The number of carboxylic acid groups (broad SMARTS) is 1. The van der Waals surface area contributed by atoms with Gasteiger partial charge < -0.3 is 5.11 Å². The molecule has 0 fully saturated rings. The van der Waals surface area contributed by atoms with Crippen molar-refractivity contribution in [3.63, 3.8) is 0 Å². The molecule has 0 saturated carbocycles. The largest absolute Gasteiger partial charge is 0.478 e. The van der Waals surface area contributed by atoms with Crippen LogP contribution in [0, 0.1) is 27.7 Å². The van der Waals surface area contributed by atoms with Crippen LogP contribution in [-0.4, -0.2) is 16.1 Å². The summed E-state index contributed by atoms with van der Waals surface area (Å²) in [6.45, 7) is 7.93. The van der Waals surface area contributed by atoms with Gasteiger partial charge in [0.1, 0.15) is 0 Å². The fraction of sp³-hybridized carbons (Fsp3) is 0.286. The van der Waals surface area contributed by atoms with Crippen LogP contribution in [0.4, 0.5) is 0 Å². The normalized spacial score (nSPS) is 10.8. The molecule has 1 N–H and O–H groups in total. The maximum atomic E-state index is 11.2.